The highest BCUT2D eigenvalue weighted by Crippen LogP contribution is 2.18. The maximum absolute atomic E-state index is 6.31. The molecule has 0 aliphatic rings. The lowest BCUT2D eigenvalue weighted by molar-refractivity contribution is 0.321. The van der Waals surface area contributed by atoms with Gasteiger partial charge < -0.3 is 10.6 Å². The number of hydrogen-bond acceptors (Lipinski definition) is 3. The number of aromatic nitrogens is 1. The molecule has 0 fully saturated rings. The van der Waals surface area contributed by atoms with E-state index in [2.05, 4.69) is 54.2 Å². The predicted molar refractivity (Wildman–Crippen MR) is 88.2 cm³/mol. The molecule has 2 rings (SSSR count). The van der Waals surface area contributed by atoms with Gasteiger partial charge in [0.1, 0.15) is 0 Å². The molecular weight excluding hydrogens is 258 g/mol. The van der Waals surface area contributed by atoms with Crippen LogP contribution in [0.1, 0.15) is 29.3 Å². The minimum absolute atomic E-state index is 0.114. The van der Waals surface area contributed by atoms with E-state index in [0.29, 0.717) is 0 Å². The molecule has 0 aliphatic heterocycles. The normalized spacial score (nSPS) is 12.6. The first kappa shape index (κ1) is 15.7. The largest absolute Gasteiger partial charge is 0.324 e. The fourth-order valence-corrected chi connectivity index (χ4v) is 2.48. The van der Waals surface area contributed by atoms with Crippen LogP contribution in [0.5, 0.6) is 0 Å². The van der Waals surface area contributed by atoms with Crippen molar-refractivity contribution >= 4 is 0 Å². The summed E-state index contributed by atoms with van der Waals surface area (Å²) in [5, 5.41) is 0. The molecular formula is C18H25N3. The Hall–Kier alpha value is -1.71. The summed E-state index contributed by atoms with van der Waals surface area (Å²) in [7, 11) is 2.15. The molecule has 0 saturated carbocycles. The summed E-state index contributed by atoms with van der Waals surface area (Å²) in [6, 6.07) is 14.6. The highest BCUT2D eigenvalue weighted by molar-refractivity contribution is 5.28. The summed E-state index contributed by atoms with van der Waals surface area (Å²) < 4.78 is 0. The number of hydrogen-bond donors (Lipinski definition) is 1. The van der Waals surface area contributed by atoms with E-state index < -0.39 is 0 Å². The molecule has 2 N–H and O–H groups in total. The van der Waals surface area contributed by atoms with Crippen LogP contribution >= 0.6 is 0 Å². The van der Waals surface area contributed by atoms with Gasteiger partial charge in [0.25, 0.3) is 0 Å². The van der Waals surface area contributed by atoms with Gasteiger partial charge in [-0.05, 0) is 50.2 Å². The van der Waals surface area contributed by atoms with Gasteiger partial charge in [-0.1, -0.05) is 30.3 Å². The van der Waals surface area contributed by atoms with Gasteiger partial charge >= 0.3 is 0 Å². The van der Waals surface area contributed by atoms with E-state index in [1.807, 2.05) is 18.3 Å². The Morgan fingerprint density at radius 2 is 1.86 bits per heavy atom. The molecule has 0 radical (unpaired) electrons. The molecule has 2 aromatic rings. The predicted octanol–water partition coefficient (Wildman–Crippen LogP) is 2.95. The van der Waals surface area contributed by atoms with Crippen LogP contribution in [0.25, 0.3) is 0 Å². The van der Waals surface area contributed by atoms with Crippen molar-refractivity contribution in [2.45, 2.75) is 25.8 Å². The number of benzene rings is 1. The third-order valence-corrected chi connectivity index (χ3v) is 3.89. The minimum atomic E-state index is 0.114. The molecule has 3 heteroatoms. The molecule has 0 amide bonds. The SMILES string of the molecule is Cc1ccccc1C(N)CCN(C)CCc1ccccn1. The van der Waals surface area contributed by atoms with Crippen molar-refractivity contribution in [2.24, 2.45) is 5.73 Å². The van der Waals surface area contributed by atoms with Crippen LogP contribution in [0.2, 0.25) is 0 Å². The van der Waals surface area contributed by atoms with Crippen LogP contribution in [0.4, 0.5) is 0 Å². The zero-order chi connectivity index (χ0) is 15.1. The molecule has 1 heterocycles. The Morgan fingerprint density at radius 1 is 1.10 bits per heavy atom. The zero-order valence-electron chi connectivity index (χ0n) is 13.0. The van der Waals surface area contributed by atoms with Crippen molar-refractivity contribution in [1.82, 2.24) is 9.88 Å². The Kier molecular flexibility index (Phi) is 5.90. The lowest BCUT2D eigenvalue weighted by Gasteiger charge is -2.20. The van der Waals surface area contributed by atoms with Crippen LogP contribution in [0.3, 0.4) is 0 Å². The van der Waals surface area contributed by atoms with Crippen LogP contribution in [-0.4, -0.2) is 30.0 Å². The second kappa shape index (κ2) is 7.91. The number of aryl methyl sites for hydroxylation is 1. The molecule has 3 nitrogen and oxygen atoms in total. The first-order valence-electron chi connectivity index (χ1n) is 7.56. The summed E-state index contributed by atoms with van der Waals surface area (Å²) in [6.07, 6.45) is 3.81. The van der Waals surface area contributed by atoms with Gasteiger partial charge in [-0.3, -0.25) is 4.98 Å². The summed E-state index contributed by atoms with van der Waals surface area (Å²) in [5.41, 5.74) is 10.00. The zero-order valence-corrected chi connectivity index (χ0v) is 13.0. The molecule has 0 bridgehead atoms. The fourth-order valence-electron chi connectivity index (χ4n) is 2.48. The van der Waals surface area contributed by atoms with E-state index in [4.69, 9.17) is 5.73 Å². The van der Waals surface area contributed by atoms with Crippen LogP contribution < -0.4 is 5.73 Å². The molecule has 1 unspecified atom stereocenters. The van der Waals surface area contributed by atoms with Gasteiger partial charge in [-0.15, -0.1) is 0 Å². The average molecular weight is 283 g/mol. The van der Waals surface area contributed by atoms with E-state index in [9.17, 15) is 0 Å². The quantitative estimate of drug-likeness (QED) is 0.849. The first-order valence-corrected chi connectivity index (χ1v) is 7.56. The number of rotatable bonds is 7. The van der Waals surface area contributed by atoms with Crippen LogP contribution in [0.15, 0.2) is 48.7 Å². The number of pyridine rings is 1. The van der Waals surface area contributed by atoms with Crippen molar-refractivity contribution in [3.63, 3.8) is 0 Å². The Balaban J connectivity index is 1.76. The van der Waals surface area contributed by atoms with E-state index in [-0.39, 0.29) is 6.04 Å². The monoisotopic (exact) mass is 283 g/mol. The lowest BCUT2D eigenvalue weighted by Crippen LogP contribution is -2.26. The van der Waals surface area contributed by atoms with Gasteiger partial charge in [0.15, 0.2) is 0 Å². The highest BCUT2D eigenvalue weighted by atomic mass is 15.1. The fraction of sp³-hybridized carbons (Fsp3) is 0.389. The second-order valence-electron chi connectivity index (χ2n) is 5.63. The summed E-state index contributed by atoms with van der Waals surface area (Å²) in [5.74, 6) is 0. The van der Waals surface area contributed by atoms with Gasteiger partial charge in [0.2, 0.25) is 0 Å². The molecule has 0 spiro atoms. The lowest BCUT2D eigenvalue weighted by atomic mass is 9.99. The van der Waals surface area contributed by atoms with Crippen LogP contribution in [-0.2, 0) is 6.42 Å². The van der Waals surface area contributed by atoms with Crippen molar-refractivity contribution < 1.29 is 0 Å². The van der Waals surface area contributed by atoms with Gasteiger partial charge in [-0.25, -0.2) is 0 Å². The van der Waals surface area contributed by atoms with E-state index >= 15 is 0 Å². The van der Waals surface area contributed by atoms with E-state index in [1.165, 1.54) is 11.1 Å². The van der Waals surface area contributed by atoms with Gasteiger partial charge in [0.05, 0.1) is 0 Å². The second-order valence-corrected chi connectivity index (χ2v) is 5.63. The highest BCUT2D eigenvalue weighted by Gasteiger charge is 2.09. The summed E-state index contributed by atoms with van der Waals surface area (Å²) in [4.78, 5) is 6.68. The Labute approximate surface area is 127 Å². The number of likely N-dealkylation sites (N-methyl/N-ethyl adjacent to an activating group) is 1. The first-order chi connectivity index (χ1) is 10.2. The smallest absolute Gasteiger partial charge is 0.0416 e. The number of nitrogens with two attached hydrogens (primary N) is 1. The third kappa shape index (κ3) is 4.96. The summed E-state index contributed by atoms with van der Waals surface area (Å²) >= 11 is 0. The van der Waals surface area contributed by atoms with E-state index in [0.717, 1.165) is 31.6 Å². The van der Waals surface area contributed by atoms with Crippen molar-refractivity contribution in [1.29, 1.82) is 0 Å². The van der Waals surface area contributed by atoms with Crippen LogP contribution in [0, 0.1) is 6.92 Å². The molecule has 1 aromatic carbocycles. The molecule has 21 heavy (non-hydrogen) atoms. The molecule has 1 atom stereocenters. The standard InChI is InChI=1S/C18H25N3/c1-15-7-3-4-9-17(15)18(19)11-14-21(2)13-10-16-8-5-6-12-20-16/h3-9,12,18H,10-11,13-14,19H2,1-2H3. The minimum Gasteiger partial charge on any atom is -0.324 e. The molecule has 0 aliphatic carbocycles. The van der Waals surface area contributed by atoms with Gasteiger partial charge in [0, 0.05) is 30.9 Å². The third-order valence-electron chi connectivity index (χ3n) is 3.89. The Bertz CT molecular complexity index is 539. The topological polar surface area (TPSA) is 42.1 Å². The average Bonchev–Trinajstić information content (AvgIpc) is 2.52. The van der Waals surface area contributed by atoms with Gasteiger partial charge in [-0.2, -0.15) is 0 Å². The number of nitrogens with zero attached hydrogens (tertiary/aromatic N) is 2. The van der Waals surface area contributed by atoms with Crippen molar-refractivity contribution in [2.75, 3.05) is 20.1 Å². The Morgan fingerprint density at radius 3 is 2.57 bits per heavy atom. The molecule has 0 saturated heterocycles. The molecule has 1 aromatic heterocycles. The summed E-state index contributed by atoms with van der Waals surface area (Å²) in [6.45, 7) is 4.14. The molecule has 112 valence electrons. The van der Waals surface area contributed by atoms with E-state index in [1.54, 1.807) is 0 Å². The van der Waals surface area contributed by atoms with Crippen molar-refractivity contribution in [3.05, 3.63) is 65.5 Å². The maximum atomic E-state index is 6.31. The van der Waals surface area contributed by atoms with Crippen molar-refractivity contribution in [3.8, 4) is 0 Å². The maximum Gasteiger partial charge on any atom is 0.0416 e.